The average Bonchev–Trinajstić information content (AvgIpc) is 2.65. The lowest BCUT2D eigenvalue weighted by molar-refractivity contribution is 0.399. The summed E-state index contributed by atoms with van der Waals surface area (Å²) in [4.78, 5) is 8.40. The number of nitrogens with zero attached hydrogens (tertiary/aromatic N) is 3. The topological polar surface area (TPSA) is 32.5 Å². The number of halogens is 1. The third kappa shape index (κ3) is 4.10. The minimum atomic E-state index is 0.398. The van der Waals surface area contributed by atoms with Gasteiger partial charge in [-0.15, -0.1) is 11.6 Å². The molecule has 1 aromatic heterocycles. The molecule has 0 bridgehead atoms. The molecule has 0 saturated carbocycles. The zero-order chi connectivity index (χ0) is 11.3. The highest BCUT2D eigenvalue weighted by molar-refractivity contribution is 6.16. The lowest BCUT2D eigenvalue weighted by Crippen LogP contribution is -2.23. The summed E-state index contributed by atoms with van der Waals surface area (Å²) in [5.74, 6) is 0.398. The van der Waals surface area contributed by atoms with Crippen LogP contribution in [0.5, 0.6) is 0 Å². The van der Waals surface area contributed by atoms with Crippen LogP contribution in [0.3, 0.4) is 0 Å². The minimum Gasteiger partial charge on any atom is -0.432 e. The van der Waals surface area contributed by atoms with Crippen LogP contribution < -0.4 is 4.90 Å². The number of aromatic nitrogens is 1. The van der Waals surface area contributed by atoms with Crippen molar-refractivity contribution in [2.75, 3.05) is 39.1 Å². The monoisotopic (exact) mass is 231 g/mol. The van der Waals surface area contributed by atoms with E-state index in [-0.39, 0.29) is 0 Å². The SMILES string of the molecule is CN(C)CCCN(C)c1nc(CCl)co1. The molecule has 0 aromatic carbocycles. The largest absolute Gasteiger partial charge is 0.432 e. The Morgan fingerprint density at radius 1 is 1.33 bits per heavy atom. The standard InChI is InChI=1S/C10H18ClN3O/c1-13(2)5-4-6-14(3)10-12-9(7-11)8-15-10/h8H,4-7H2,1-3H3. The molecule has 0 aliphatic heterocycles. The molecule has 0 radical (unpaired) electrons. The molecule has 1 rings (SSSR count). The van der Waals surface area contributed by atoms with Gasteiger partial charge in [0.15, 0.2) is 0 Å². The van der Waals surface area contributed by atoms with Crippen molar-refractivity contribution < 1.29 is 4.42 Å². The minimum absolute atomic E-state index is 0.398. The van der Waals surface area contributed by atoms with Gasteiger partial charge < -0.3 is 14.2 Å². The molecule has 1 aromatic rings. The fourth-order valence-electron chi connectivity index (χ4n) is 1.25. The molecule has 5 heteroatoms. The summed E-state index contributed by atoms with van der Waals surface area (Å²) in [6, 6.07) is 0.643. The normalized spacial score (nSPS) is 11.0. The molecule has 0 fully saturated rings. The summed E-state index contributed by atoms with van der Waals surface area (Å²) in [6.07, 6.45) is 2.69. The number of anilines is 1. The fraction of sp³-hybridized carbons (Fsp3) is 0.700. The fourth-order valence-corrected chi connectivity index (χ4v) is 1.38. The molecule has 0 aliphatic carbocycles. The van der Waals surface area contributed by atoms with E-state index in [1.807, 2.05) is 11.9 Å². The summed E-state index contributed by atoms with van der Waals surface area (Å²) >= 11 is 5.64. The molecular formula is C10H18ClN3O. The third-order valence-electron chi connectivity index (χ3n) is 2.10. The number of oxazole rings is 1. The molecule has 0 N–H and O–H groups in total. The molecule has 86 valence electrons. The predicted molar refractivity (Wildman–Crippen MR) is 62.5 cm³/mol. The van der Waals surface area contributed by atoms with E-state index in [0.717, 1.165) is 25.2 Å². The molecular weight excluding hydrogens is 214 g/mol. The van der Waals surface area contributed by atoms with Crippen LogP contribution >= 0.6 is 11.6 Å². The first-order valence-electron chi connectivity index (χ1n) is 4.99. The Bertz CT molecular complexity index is 288. The average molecular weight is 232 g/mol. The van der Waals surface area contributed by atoms with Gasteiger partial charge in [-0.1, -0.05) is 0 Å². The van der Waals surface area contributed by atoms with Crippen LogP contribution in [0.1, 0.15) is 12.1 Å². The highest BCUT2D eigenvalue weighted by atomic mass is 35.5. The van der Waals surface area contributed by atoms with Gasteiger partial charge in [-0.2, -0.15) is 4.98 Å². The van der Waals surface area contributed by atoms with Crippen LogP contribution in [-0.4, -0.2) is 44.1 Å². The highest BCUT2D eigenvalue weighted by Crippen LogP contribution is 2.13. The number of rotatable bonds is 6. The van der Waals surface area contributed by atoms with Gasteiger partial charge in [-0.25, -0.2) is 0 Å². The Balaban J connectivity index is 2.36. The van der Waals surface area contributed by atoms with Crippen LogP contribution in [0.4, 0.5) is 6.01 Å². The summed E-state index contributed by atoms with van der Waals surface area (Å²) in [7, 11) is 6.10. The van der Waals surface area contributed by atoms with Crippen LogP contribution in [0.15, 0.2) is 10.7 Å². The number of alkyl halides is 1. The Morgan fingerprint density at radius 2 is 2.07 bits per heavy atom. The van der Waals surface area contributed by atoms with E-state index in [1.165, 1.54) is 0 Å². The van der Waals surface area contributed by atoms with Crippen LogP contribution in [0, 0.1) is 0 Å². The summed E-state index contributed by atoms with van der Waals surface area (Å²) in [5, 5.41) is 0. The van der Waals surface area contributed by atoms with Gasteiger partial charge >= 0.3 is 0 Å². The highest BCUT2D eigenvalue weighted by Gasteiger charge is 2.07. The van der Waals surface area contributed by atoms with E-state index in [1.54, 1.807) is 6.26 Å². The number of hydrogen-bond acceptors (Lipinski definition) is 4. The maximum absolute atomic E-state index is 5.64. The molecule has 0 saturated heterocycles. The van der Waals surface area contributed by atoms with E-state index >= 15 is 0 Å². The summed E-state index contributed by atoms with van der Waals surface area (Å²) in [5.41, 5.74) is 0.783. The van der Waals surface area contributed by atoms with Crippen LogP contribution in [0.2, 0.25) is 0 Å². The van der Waals surface area contributed by atoms with Gasteiger partial charge in [0.25, 0.3) is 6.01 Å². The van der Waals surface area contributed by atoms with E-state index in [2.05, 4.69) is 24.0 Å². The molecule has 0 unspecified atom stereocenters. The molecule has 4 nitrogen and oxygen atoms in total. The second kappa shape index (κ2) is 5.98. The van der Waals surface area contributed by atoms with Gasteiger partial charge in [0.1, 0.15) is 6.26 Å². The van der Waals surface area contributed by atoms with E-state index in [0.29, 0.717) is 11.9 Å². The van der Waals surface area contributed by atoms with Crippen molar-refractivity contribution in [3.63, 3.8) is 0 Å². The van der Waals surface area contributed by atoms with Crippen molar-refractivity contribution in [2.24, 2.45) is 0 Å². The number of hydrogen-bond donors (Lipinski definition) is 0. The van der Waals surface area contributed by atoms with Gasteiger partial charge in [-0.3, -0.25) is 0 Å². The van der Waals surface area contributed by atoms with Crippen molar-refractivity contribution in [1.29, 1.82) is 0 Å². The first kappa shape index (κ1) is 12.3. The summed E-state index contributed by atoms with van der Waals surface area (Å²) < 4.78 is 5.29. The quantitative estimate of drug-likeness (QED) is 0.699. The van der Waals surface area contributed by atoms with Crippen molar-refractivity contribution >= 4 is 17.6 Å². The second-order valence-electron chi connectivity index (χ2n) is 3.83. The van der Waals surface area contributed by atoms with Crippen molar-refractivity contribution in [3.8, 4) is 0 Å². The maximum atomic E-state index is 5.64. The lowest BCUT2D eigenvalue weighted by atomic mass is 10.4. The van der Waals surface area contributed by atoms with Gasteiger partial charge in [0.05, 0.1) is 11.6 Å². The van der Waals surface area contributed by atoms with Gasteiger partial charge in [-0.05, 0) is 27.1 Å². The Labute approximate surface area is 95.8 Å². The maximum Gasteiger partial charge on any atom is 0.297 e. The first-order valence-corrected chi connectivity index (χ1v) is 5.53. The van der Waals surface area contributed by atoms with E-state index in [9.17, 15) is 0 Å². The zero-order valence-corrected chi connectivity index (χ0v) is 10.3. The Hall–Kier alpha value is -0.740. The lowest BCUT2D eigenvalue weighted by Gasteiger charge is -2.16. The van der Waals surface area contributed by atoms with Gasteiger partial charge in [0, 0.05) is 13.6 Å². The van der Waals surface area contributed by atoms with Crippen molar-refractivity contribution in [1.82, 2.24) is 9.88 Å². The summed E-state index contributed by atoms with van der Waals surface area (Å²) in [6.45, 7) is 1.99. The molecule has 0 amide bonds. The van der Waals surface area contributed by atoms with Crippen molar-refractivity contribution in [3.05, 3.63) is 12.0 Å². The molecule has 1 heterocycles. The predicted octanol–water partition coefficient (Wildman–Crippen LogP) is 1.80. The third-order valence-corrected chi connectivity index (χ3v) is 2.38. The smallest absolute Gasteiger partial charge is 0.297 e. The van der Waals surface area contributed by atoms with E-state index in [4.69, 9.17) is 16.0 Å². The van der Waals surface area contributed by atoms with E-state index < -0.39 is 0 Å². The van der Waals surface area contributed by atoms with Crippen LogP contribution in [-0.2, 0) is 5.88 Å². The van der Waals surface area contributed by atoms with Crippen LogP contribution in [0.25, 0.3) is 0 Å². The second-order valence-corrected chi connectivity index (χ2v) is 4.10. The first-order chi connectivity index (χ1) is 7.13. The molecule has 0 spiro atoms. The Morgan fingerprint density at radius 3 is 2.60 bits per heavy atom. The molecule has 0 atom stereocenters. The molecule has 15 heavy (non-hydrogen) atoms. The zero-order valence-electron chi connectivity index (χ0n) is 9.53. The molecule has 0 aliphatic rings. The van der Waals surface area contributed by atoms with Gasteiger partial charge in [0.2, 0.25) is 0 Å². The van der Waals surface area contributed by atoms with Crippen molar-refractivity contribution in [2.45, 2.75) is 12.3 Å². The Kier molecular flexibility index (Phi) is 4.91.